The molecule has 0 unspecified atom stereocenters. The van der Waals surface area contributed by atoms with E-state index in [2.05, 4.69) is 11.5 Å². The molecule has 2 heteroatoms. The summed E-state index contributed by atoms with van der Waals surface area (Å²) in [6.45, 7) is 0. The molecule has 4 heavy (non-hydrogen) atoms. The molecule has 0 saturated carbocycles. The second-order valence-corrected chi connectivity index (χ2v) is 2.60. The van der Waals surface area contributed by atoms with E-state index in [1.54, 1.807) is 0 Å². The van der Waals surface area contributed by atoms with Crippen molar-refractivity contribution in [2.75, 3.05) is 0 Å². The summed E-state index contributed by atoms with van der Waals surface area (Å²) in [5, 5.41) is 0. The Kier molecular flexibility index (Phi) is 20.0. The topological polar surface area (TPSA) is 0 Å². The van der Waals surface area contributed by atoms with Gasteiger partial charge in [-0.3, -0.25) is 0 Å². The van der Waals surface area contributed by atoms with Crippen LogP contribution in [-0.2, 0) is 0 Å². The van der Waals surface area contributed by atoms with E-state index in [1.807, 2.05) is 0 Å². The van der Waals surface area contributed by atoms with Gasteiger partial charge in [-0.15, -0.1) is 17.0 Å². The molecule has 0 heterocycles. The van der Waals surface area contributed by atoms with E-state index < -0.39 is 0 Å². The van der Waals surface area contributed by atoms with Gasteiger partial charge in [0.1, 0.15) is 0 Å². The van der Waals surface area contributed by atoms with E-state index >= 15 is 0 Å². The molecule has 0 aliphatic rings. The Hall–Kier alpha value is 1.02. The Balaban J connectivity index is 0. The summed E-state index contributed by atoms with van der Waals surface area (Å²) in [7, 11) is 0. The van der Waals surface area contributed by atoms with E-state index in [9.17, 15) is 0 Å². The van der Waals surface area contributed by atoms with Gasteiger partial charge in [-0.2, -0.15) is 0 Å². The quantitative estimate of drug-likeness (QED) is 0.498. The number of hydrogen-bond acceptors (Lipinski definition) is 0. The van der Waals surface area contributed by atoms with Crippen molar-refractivity contribution < 1.29 is 0 Å². The predicted octanol–water partition coefficient (Wildman–Crippen LogP) is 1.36. The van der Waals surface area contributed by atoms with Crippen LogP contribution in [0.4, 0.5) is 0 Å². The predicted molar refractivity (Wildman–Crippen MR) is 27.8 cm³/mol. The first-order valence-corrected chi connectivity index (χ1v) is 5.20. The van der Waals surface area contributed by atoms with Crippen LogP contribution in [0.3, 0.4) is 0 Å². The van der Waals surface area contributed by atoms with E-state index in [4.69, 9.17) is 0 Å². The van der Waals surface area contributed by atoms with Crippen molar-refractivity contribution in [1.29, 1.82) is 0 Å². The molecule has 26 valence electrons. The minimum atomic E-state index is 0. The summed E-state index contributed by atoms with van der Waals surface area (Å²) in [5.74, 6) is 4.50. The van der Waals surface area contributed by atoms with Crippen LogP contribution in [0.25, 0.3) is 0 Å². The summed E-state index contributed by atoms with van der Waals surface area (Å²) < 4.78 is 0. The van der Waals surface area contributed by atoms with Crippen molar-refractivity contribution in [2.45, 2.75) is 11.5 Å². The third kappa shape index (κ3) is 11.8. The molecule has 0 amide bonds. The van der Waals surface area contributed by atoms with Gasteiger partial charge in [-0.05, 0) is 0 Å². The summed E-state index contributed by atoms with van der Waals surface area (Å²) in [4.78, 5) is 0. The van der Waals surface area contributed by atoms with Gasteiger partial charge in [0.25, 0.3) is 0 Å². The van der Waals surface area contributed by atoms with Gasteiger partial charge in [-0.1, -0.05) is 0 Å². The van der Waals surface area contributed by atoms with Gasteiger partial charge in [0, 0.05) is 0 Å². The molecule has 0 aliphatic carbocycles. The van der Waals surface area contributed by atoms with Gasteiger partial charge in [0.05, 0.1) is 0 Å². The summed E-state index contributed by atoms with van der Waals surface area (Å²) in [5.41, 5.74) is 0. The van der Waals surface area contributed by atoms with Crippen LogP contribution in [0.15, 0.2) is 0 Å². The van der Waals surface area contributed by atoms with Crippen molar-refractivity contribution in [3.05, 3.63) is 0 Å². The molecule has 0 aromatic heterocycles. The molecule has 0 nitrogen and oxygen atoms in total. The van der Waals surface area contributed by atoms with Crippen LogP contribution in [0, 0.1) is 0 Å². The van der Waals surface area contributed by atoms with Crippen LogP contribution in [-0.4, -0.2) is 15.4 Å². The molecule has 2 radical (unpaired) electrons. The Labute approximate surface area is 44.2 Å². The third-order valence-electron chi connectivity index (χ3n) is 0. The van der Waals surface area contributed by atoms with Crippen molar-refractivity contribution in [2.24, 2.45) is 0 Å². The molecular weight excluding hydrogens is 177 g/mol. The standard InChI is InChI=1S/C2H6Ge.BrH/c1-3-2;/h1-2H3;1H. The van der Waals surface area contributed by atoms with Crippen LogP contribution < -0.4 is 0 Å². The maximum atomic E-state index is 2.25. The fourth-order valence-electron chi connectivity index (χ4n) is 0. The van der Waals surface area contributed by atoms with Gasteiger partial charge in [0.15, 0.2) is 0 Å². The molecule has 0 fully saturated rings. The van der Waals surface area contributed by atoms with Gasteiger partial charge in [-0.25, -0.2) is 0 Å². The normalized spacial score (nSPS) is 4.50. The summed E-state index contributed by atoms with van der Waals surface area (Å²) >= 11 is 0.500. The van der Waals surface area contributed by atoms with Gasteiger partial charge in [0.2, 0.25) is 0 Å². The second-order valence-electron chi connectivity index (χ2n) is 0.500. The zero-order valence-electron chi connectivity index (χ0n) is 2.91. The summed E-state index contributed by atoms with van der Waals surface area (Å²) in [6.07, 6.45) is 0. The van der Waals surface area contributed by atoms with Crippen molar-refractivity contribution >= 4 is 32.4 Å². The molecule has 0 atom stereocenters. The Morgan fingerprint density at radius 3 is 1.25 bits per heavy atom. The molecule has 0 rings (SSSR count). The van der Waals surface area contributed by atoms with E-state index in [-0.39, 0.29) is 17.0 Å². The van der Waals surface area contributed by atoms with Crippen LogP contribution >= 0.6 is 17.0 Å². The van der Waals surface area contributed by atoms with Crippen molar-refractivity contribution in [3.63, 3.8) is 0 Å². The zero-order valence-corrected chi connectivity index (χ0v) is 6.72. The van der Waals surface area contributed by atoms with Crippen LogP contribution in [0.1, 0.15) is 0 Å². The minimum absolute atomic E-state index is 0. The molecule has 0 spiro atoms. The number of halogens is 1. The molecule has 0 aromatic carbocycles. The molecular formula is C2H7BrGe. The first kappa shape index (κ1) is 8.90. The van der Waals surface area contributed by atoms with E-state index in [1.165, 1.54) is 0 Å². The Bertz CT molecular complexity index is 6.00. The van der Waals surface area contributed by atoms with Gasteiger partial charge >= 0.3 is 26.9 Å². The van der Waals surface area contributed by atoms with Crippen LogP contribution in [0.2, 0.25) is 11.5 Å². The van der Waals surface area contributed by atoms with Crippen LogP contribution in [0.5, 0.6) is 0 Å². The number of hydrogen-bond donors (Lipinski definition) is 0. The maximum absolute atomic E-state index is 2.25. The first-order valence-electron chi connectivity index (χ1n) is 1.00. The van der Waals surface area contributed by atoms with E-state index in [0.29, 0.717) is 15.4 Å². The fraction of sp³-hybridized carbons (Fsp3) is 1.00. The first-order chi connectivity index (χ1) is 1.41. The van der Waals surface area contributed by atoms with Gasteiger partial charge < -0.3 is 0 Å². The van der Waals surface area contributed by atoms with Crippen molar-refractivity contribution in [3.8, 4) is 0 Å². The molecule has 0 bridgehead atoms. The summed E-state index contributed by atoms with van der Waals surface area (Å²) in [6, 6.07) is 0. The second kappa shape index (κ2) is 8.98. The number of rotatable bonds is 0. The Morgan fingerprint density at radius 1 is 1.25 bits per heavy atom. The zero-order chi connectivity index (χ0) is 2.71. The monoisotopic (exact) mass is 184 g/mol. The molecule has 0 aromatic rings. The SMILES string of the molecule is Br.[CH3][Ge][CH3]. The van der Waals surface area contributed by atoms with Crippen molar-refractivity contribution in [1.82, 2.24) is 0 Å². The molecule has 0 saturated heterocycles. The molecule has 0 aliphatic heterocycles. The average Bonchev–Trinajstić information content (AvgIpc) is 0.918. The average molecular weight is 184 g/mol. The third-order valence-corrected chi connectivity index (χ3v) is 0. The molecule has 0 N–H and O–H groups in total. The Morgan fingerprint density at radius 2 is 1.25 bits per heavy atom. The fourth-order valence-corrected chi connectivity index (χ4v) is 0. The van der Waals surface area contributed by atoms with E-state index in [0.717, 1.165) is 0 Å².